The Morgan fingerprint density at radius 3 is 2.22 bits per heavy atom. The van der Waals surface area contributed by atoms with Crippen LogP contribution in [-0.2, 0) is 26.7 Å². The molecule has 2 amide bonds. The largest absolute Gasteiger partial charge is 0.484 e. The third-order valence-corrected chi connectivity index (χ3v) is 7.82. The van der Waals surface area contributed by atoms with Crippen LogP contribution in [0.1, 0.15) is 11.3 Å². The first-order chi connectivity index (χ1) is 19.6. The van der Waals surface area contributed by atoms with Crippen LogP contribution < -0.4 is 25.8 Å². The SMILES string of the molecule is Cc1c(N(CC(=O)N/N=C\c2ccc(OCC(N)=O)cc2)S(=O)(=O)c2ccccc2)c(=O)n(-c2ccccc2)n1C. The first kappa shape index (κ1) is 28.8. The molecule has 0 aliphatic rings. The number of nitrogens with two attached hydrogens (primary N) is 1. The number of aromatic nitrogens is 2. The molecule has 1 heterocycles. The van der Waals surface area contributed by atoms with Gasteiger partial charge in [0.15, 0.2) is 6.61 Å². The lowest BCUT2D eigenvalue weighted by molar-refractivity contribution is -0.120. The van der Waals surface area contributed by atoms with Crippen LogP contribution in [0.5, 0.6) is 5.75 Å². The maximum absolute atomic E-state index is 13.8. The number of hydrogen-bond donors (Lipinski definition) is 2. The van der Waals surface area contributed by atoms with E-state index in [0.29, 0.717) is 22.7 Å². The van der Waals surface area contributed by atoms with E-state index in [1.165, 1.54) is 27.7 Å². The Balaban J connectivity index is 1.62. The zero-order chi connectivity index (χ0) is 29.6. The molecular weight excluding hydrogens is 548 g/mol. The molecular formula is C28H28N6O6S. The number of nitrogens with zero attached hydrogens (tertiary/aromatic N) is 4. The average molecular weight is 577 g/mol. The molecule has 0 saturated carbocycles. The van der Waals surface area contributed by atoms with Gasteiger partial charge >= 0.3 is 0 Å². The molecule has 0 bridgehead atoms. The highest BCUT2D eigenvalue weighted by Gasteiger charge is 2.33. The number of primary amides is 1. The molecule has 12 nitrogen and oxygen atoms in total. The molecule has 0 radical (unpaired) electrons. The zero-order valence-electron chi connectivity index (χ0n) is 22.3. The Bertz CT molecular complexity index is 1730. The van der Waals surface area contributed by atoms with E-state index in [4.69, 9.17) is 10.5 Å². The van der Waals surface area contributed by atoms with Crippen LogP contribution in [0.4, 0.5) is 5.69 Å². The van der Waals surface area contributed by atoms with Crippen molar-refractivity contribution in [2.75, 3.05) is 17.5 Å². The van der Waals surface area contributed by atoms with Gasteiger partial charge in [-0.2, -0.15) is 5.10 Å². The summed E-state index contributed by atoms with van der Waals surface area (Å²) < 4.78 is 36.4. The molecule has 0 fully saturated rings. The molecule has 3 aromatic carbocycles. The van der Waals surface area contributed by atoms with Crippen LogP contribution in [0.2, 0.25) is 0 Å². The number of carbonyl (C=O) groups is 2. The van der Waals surface area contributed by atoms with Gasteiger partial charge in [-0.1, -0.05) is 36.4 Å². The minimum atomic E-state index is -4.33. The third-order valence-electron chi connectivity index (χ3n) is 6.06. The van der Waals surface area contributed by atoms with Crippen LogP contribution >= 0.6 is 0 Å². The van der Waals surface area contributed by atoms with Crippen molar-refractivity contribution >= 4 is 33.7 Å². The van der Waals surface area contributed by atoms with Gasteiger partial charge in [0.25, 0.3) is 27.4 Å². The number of rotatable bonds is 11. The molecule has 41 heavy (non-hydrogen) atoms. The van der Waals surface area contributed by atoms with Crippen LogP contribution in [0, 0.1) is 6.92 Å². The van der Waals surface area contributed by atoms with E-state index in [0.717, 1.165) is 4.31 Å². The summed E-state index contributed by atoms with van der Waals surface area (Å²) >= 11 is 0. The Labute approximate surface area is 236 Å². The van der Waals surface area contributed by atoms with Crippen molar-refractivity contribution in [3.05, 3.63) is 107 Å². The fourth-order valence-electron chi connectivity index (χ4n) is 3.99. The maximum atomic E-state index is 13.8. The lowest BCUT2D eigenvalue weighted by atomic mass is 10.2. The van der Waals surface area contributed by atoms with Gasteiger partial charge in [-0.05, 0) is 61.0 Å². The number of carbonyl (C=O) groups excluding carboxylic acids is 2. The van der Waals surface area contributed by atoms with E-state index < -0.39 is 33.9 Å². The second-order valence-electron chi connectivity index (χ2n) is 8.85. The quantitative estimate of drug-likeness (QED) is 0.204. The molecule has 0 saturated heterocycles. The standard InChI is InChI=1S/C28H28N6O6S/c1-20-27(28(37)34(32(20)2)22-9-5-3-6-10-22)33(41(38,39)24-11-7-4-8-12-24)18-26(36)31-30-17-21-13-15-23(16-14-21)40-19-25(29)35/h3-17H,18-19H2,1-2H3,(H2,29,35)(H,31,36)/b30-17-. The minimum absolute atomic E-state index is 0.0798. The smallest absolute Gasteiger partial charge is 0.296 e. The first-order valence-electron chi connectivity index (χ1n) is 12.3. The minimum Gasteiger partial charge on any atom is -0.484 e. The van der Waals surface area contributed by atoms with Crippen molar-refractivity contribution in [1.82, 2.24) is 14.8 Å². The van der Waals surface area contributed by atoms with Crippen LogP contribution in [-0.4, -0.2) is 49.0 Å². The number of hydrazone groups is 1. The normalized spacial score (nSPS) is 11.4. The summed E-state index contributed by atoms with van der Waals surface area (Å²) in [4.78, 5) is 37.4. The predicted molar refractivity (Wildman–Crippen MR) is 154 cm³/mol. The maximum Gasteiger partial charge on any atom is 0.296 e. The van der Waals surface area contributed by atoms with Gasteiger partial charge in [0, 0.05) is 7.05 Å². The summed E-state index contributed by atoms with van der Waals surface area (Å²) in [6, 6.07) is 22.8. The number of benzene rings is 3. The molecule has 0 aliphatic heterocycles. The van der Waals surface area contributed by atoms with Crippen LogP contribution in [0.15, 0.2) is 99.7 Å². The van der Waals surface area contributed by atoms with Gasteiger partial charge in [-0.15, -0.1) is 0 Å². The van der Waals surface area contributed by atoms with E-state index in [2.05, 4.69) is 10.5 Å². The fraction of sp³-hybridized carbons (Fsp3) is 0.143. The molecule has 4 rings (SSSR count). The van der Waals surface area contributed by atoms with Crippen molar-refractivity contribution in [3.63, 3.8) is 0 Å². The number of hydrogen-bond acceptors (Lipinski definition) is 7. The lowest BCUT2D eigenvalue weighted by Crippen LogP contribution is -2.42. The monoisotopic (exact) mass is 576 g/mol. The highest BCUT2D eigenvalue weighted by molar-refractivity contribution is 7.92. The molecule has 0 unspecified atom stereocenters. The lowest BCUT2D eigenvalue weighted by Gasteiger charge is -2.22. The average Bonchev–Trinajstić information content (AvgIpc) is 3.19. The van der Waals surface area contributed by atoms with Crippen LogP contribution in [0.25, 0.3) is 5.69 Å². The summed E-state index contributed by atoms with van der Waals surface area (Å²) in [6.07, 6.45) is 1.35. The highest BCUT2D eigenvalue weighted by atomic mass is 32.2. The molecule has 3 N–H and O–H groups in total. The van der Waals surface area contributed by atoms with E-state index in [1.807, 2.05) is 0 Å². The molecule has 0 spiro atoms. The van der Waals surface area contributed by atoms with Gasteiger partial charge < -0.3 is 10.5 Å². The number of anilines is 1. The summed E-state index contributed by atoms with van der Waals surface area (Å²) in [5, 5.41) is 3.91. The fourth-order valence-corrected chi connectivity index (χ4v) is 5.49. The van der Waals surface area contributed by atoms with Gasteiger partial charge in [0.2, 0.25) is 0 Å². The molecule has 1 aromatic heterocycles. The molecule has 4 aromatic rings. The van der Waals surface area contributed by atoms with Crippen molar-refractivity contribution in [2.24, 2.45) is 17.9 Å². The van der Waals surface area contributed by atoms with Crippen molar-refractivity contribution in [1.29, 1.82) is 0 Å². The van der Waals surface area contributed by atoms with Gasteiger partial charge in [0.1, 0.15) is 18.0 Å². The van der Waals surface area contributed by atoms with E-state index in [9.17, 15) is 22.8 Å². The number of sulfonamides is 1. The summed E-state index contributed by atoms with van der Waals surface area (Å²) in [5.41, 5.74) is 8.08. The Hall–Kier alpha value is -5.17. The van der Waals surface area contributed by atoms with E-state index in [-0.39, 0.29) is 17.2 Å². The Kier molecular flexibility index (Phi) is 8.68. The van der Waals surface area contributed by atoms with Gasteiger partial charge in [-0.3, -0.25) is 19.1 Å². The summed E-state index contributed by atoms with van der Waals surface area (Å²) in [5.74, 6) is -0.950. The van der Waals surface area contributed by atoms with Crippen molar-refractivity contribution < 1.29 is 22.7 Å². The second kappa shape index (κ2) is 12.3. The zero-order valence-corrected chi connectivity index (χ0v) is 23.1. The molecule has 212 valence electrons. The molecule has 13 heteroatoms. The number of ether oxygens (including phenoxy) is 1. The van der Waals surface area contributed by atoms with Crippen molar-refractivity contribution in [3.8, 4) is 11.4 Å². The van der Waals surface area contributed by atoms with E-state index >= 15 is 0 Å². The second-order valence-corrected chi connectivity index (χ2v) is 10.7. The molecule has 0 aliphatic carbocycles. The number of para-hydroxylation sites is 1. The third kappa shape index (κ3) is 6.53. The van der Waals surface area contributed by atoms with Gasteiger partial charge in [-0.25, -0.2) is 22.8 Å². The van der Waals surface area contributed by atoms with E-state index in [1.54, 1.807) is 86.8 Å². The Morgan fingerprint density at radius 2 is 1.61 bits per heavy atom. The number of amides is 2. The Morgan fingerprint density at radius 1 is 1.00 bits per heavy atom. The first-order valence-corrected chi connectivity index (χ1v) is 13.8. The predicted octanol–water partition coefficient (Wildman–Crippen LogP) is 1.69. The van der Waals surface area contributed by atoms with Crippen LogP contribution in [0.3, 0.4) is 0 Å². The number of nitrogens with one attached hydrogen (secondary N) is 1. The highest BCUT2D eigenvalue weighted by Crippen LogP contribution is 2.25. The van der Waals surface area contributed by atoms with Gasteiger partial charge in [0.05, 0.1) is 22.5 Å². The topological polar surface area (TPSA) is 158 Å². The molecule has 0 atom stereocenters. The van der Waals surface area contributed by atoms with Crippen molar-refractivity contribution in [2.45, 2.75) is 11.8 Å². The summed E-state index contributed by atoms with van der Waals surface area (Å²) in [6.45, 7) is 0.642. The summed E-state index contributed by atoms with van der Waals surface area (Å²) in [7, 11) is -2.69.